The van der Waals surface area contributed by atoms with Crippen LogP contribution in [0.25, 0.3) is 0 Å². The van der Waals surface area contributed by atoms with Gasteiger partial charge in [-0.2, -0.15) is 4.31 Å². The number of hydrogen-bond acceptors (Lipinski definition) is 4. The molecule has 1 saturated heterocycles. The Morgan fingerprint density at radius 2 is 1.80 bits per heavy atom. The fourth-order valence-electron chi connectivity index (χ4n) is 2.14. The first-order chi connectivity index (χ1) is 9.27. The van der Waals surface area contributed by atoms with Crippen molar-refractivity contribution in [3.8, 4) is 0 Å². The fourth-order valence-corrected chi connectivity index (χ4v) is 3.21. The molecule has 0 saturated carbocycles. The van der Waals surface area contributed by atoms with Gasteiger partial charge in [0.25, 0.3) is 5.91 Å². The minimum absolute atomic E-state index is 0.188. The molecule has 0 aromatic heterocycles. The Bertz CT molecular complexity index is 605. The van der Waals surface area contributed by atoms with Gasteiger partial charge in [0.05, 0.1) is 6.26 Å². The topological polar surface area (TPSA) is 83.7 Å². The van der Waals surface area contributed by atoms with Crippen LogP contribution in [0.1, 0.15) is 10.4 Å². The highest BCUT2D eigenvalue weighted by Crippen LogP contribution is 2.19. The van der Waals surface area contributed by atoms with E-state index in [1.54, 1.807) is 23.1 Å². The molecule has 1 aliphatic rings. The Kier molecular flexibility index (Phi) is 4.22. The second kappa shape index (κ2) is 5.59. The van der Waals surface area contributed by atoms with Crippen molar-refractivity contribution in [3.63, 3.8) is 0 Å². The number of benzene rings is 1. The first-order valence-corrected chi connectivity index (χ1v) is 8.30. The SMILES string of the molecule is CS(=O)(=O)N1CCN(C(=O)c2cc(N)cc(Cl)c2)CC1. The zero-order valence-corrected chi connectivity index (χ0v) is 12.6. The minimum atomic E-state index is -3.20. The van der Waals surface area contributed by atoms with E-state index >= 15 is 0 Å². The van der Waals surface area contributed by atoms with Crippen LogP contribution in [0.3, 0.4) is 0 Å². The normalized spacial score (nSPS) is 17.2. The lowest BCUT2D eigenvalue weighted by Gasteiger charge is -2.33. The van der Waals surface area contributed by atoms with Crippen LogP contribution in [0, 0.1) is 0 Å². The van der Waals surface area contributed by atoms with Crippen molar-refractivity contribution in [2.45, 2.75) is 0 Å². The summed E-state index contributed by atoms with van der Waals surface area (Å²) in [4.78, 5) is 13.9. The van der Waals surface area contributed by atoms with Crippen molar-refractivity contribution in [3.05, 3.63) is 28.8 Å². The number of halogens is 1. The van der Waals surface area contributed by atoms with Gasteiger partial charge in [-0.25, -0.2) is 8.42 Å². The van der Waals surface area contributed by atoms with Gasteiger partial charge in [-0.15, -0.1) is 0 Å². The van der Waals surface area contributed by atoms with E-state index < -0.39 is 10.0 Å². The van der Waals surface area contributed by atoms with E-state index in [9.17, 15) is 13.2 Å². The third-order valence-electron chi connectivity index (χ3n) is 3.16. The number of nitrogens with zero attached hydrogens (tertiary/aromatic N) is 2. The molecule has 0 spiro atoms. The molecule has 0 radical (unpaired) electrons. The molecule has 0 bridgehead atoms. The number of piperazine rings is 1. The zero-order valence-electron chi connectivity index (χ0n) is 11.0. The maximum Gasteiger partial charge on any atom is 0.254 e. The van der Waals surface area contributed by atoms with Crippen LogP contribution in [-0.4, -0.2) is 56.0 Å². The van der Waals surface area contributed by atoms with Gasteiger partial charge in [0, 0.05) is 42.5 Å². The predicted molar refractivity (Wildman–Crippen MR) is 78.2 cm³/mol. The Morgan fingerprint density at radius 1 is 1.20 bits per heavy atom. The van der Waals surface area contributed by atoms with Crippen molar-refractivity contribution in [2.75, 3.05) is 38.2 Å². The largest absolute Gasteiger partial charge is 0.399 e. The molecule has 1 heterocycles. The van der Waals surface area contributed by atoms with Crippen LogP contribution in [0.15, 0.2) is 18.2 Å². The molecule has 0 aliphatic carbocycles. The third-order valence-corrected chi connectivity index (χ3v) is 4.68. The third kappa shape index (κ3) is 3.41. The second-order valence-electron chi connectivity index (χ2n) is 4.73. The Hall–Kier alpha value is -1.31. The lowest BCUT2D eigenvalue weighted by molar-refractivity contribution is 0.0698. The van der Waals surface area contributed by atoms with Gasteiger partial charge >= 0.3 is 0 Å². The molecule has 0 unspecified atom stereocenters. The van der Waals surface area contributed by atoms with E-state index in [1.165, 1.54) is 10.6 Å². The van der Waals surface area contributed by atoms with E-state index in [4.69, 9.17) is 17.3 Å². The second-order valence-corrected chi connectivity index (χ2v) is 7.15. The lowest BCUT2D eigenvalue weighted by Crippen LogP contribution is -2.50. The molecular formula is C12H16ClN3O3S. The van der Waals surface area contributed by atoms with Crippen molar-refractivity contribution in [1.82, 2.24) is 9.21 Å². The Labute approximate surface area is 123 Å². The Balaban J connectivity index is 2.09. The summed E-state index contributed by atoms with van der Waals surface area (Å²) in [6.45, 7) is 1.33. The number of rotatable bonds is 2. The molecule has 1 fully saturated rings. The highest BCUT2D eigenvalue weighted by Gasteiger charge is 2.26. The van der Waals surface area contributed by atoms with Crippen LogP contribution < -0.4 is 5.73 Å². The first kappa shape index (κ1) is 15.1. The smallest absolute Gasteiger partial charge is 0.254 e. The van der Waals surface area contributed by atoms with Gasteiger partial charge in [0.15, 0.2) is 0 Å². The summed E-state index contributed by atoms with van der Waals surface area (Å²) in [5.74, 6) is -0.188. The standard InChI is InChI=1S/C12H16ClN3O3S/c1-20(18,19)16-4-2-15(3-5-16)12(17)9-6-10(13)8-11(14)7-9/h6-8H,2-5,14H2,1H3. The number of sulfonamides is 1. The zero-order chi connectivity index (χ0) is 14.9. The van der Waals surface area contributed by atoms with Crippen LogP contribution in [-0.2, 0) is 10.0 Å². The van der Waals surface area contributed by atoms with E-state index in [-0.39, 0.29) is 5.91 Å². The lowest BCUT2D eigenvalue weighted by atomic mass is 10.1. The van der Waals surface area contributed by atoms with Gasteiger partial charge in [0.2, 0.25) is 10.0 Å². The molecule has 2 N–H and O–H groups in total. The van der Waals surface area contributed by atoms with Gasteiger partial charge < -0.3 is 10.6 Å². The molecule has 110 valence electrons. The molecule has 1 amide bonds. The maximum absolute atomic E-state index is 12.3. The van der Waals surface area contributed by atoms with E-state index in [2.05, 4.69) is 0 Å². The van der Waals surface area contributed by atoms with Crippen molar-refractivity contribution in [2.24, 2.45) is 0 Å². The summed E-state index contributed by atoms with van der Waals surface area (Å²) in [5.41, 5.74) is 6.51. The quantitative estimate of drug-likeness (QED) is 0.811. The van der Waals surface area contributed by atoms with Crippen molar-refractivity contribution in [1.29, 1.82) is 0 Å². The molecule has 1 aromatic carbocycles. The molecule has 2 rings (SSSR count). The molecular weight excluding hydrogens is 302 g/mol. The summed E-state index contributed by atoms with van der Waals surface area (Å²) in [6, 6.07) is 4.69. The molecule has 8 heteroatoms. The van der Waals surface area contributed by atoms with E-state index in [0.29, 0.717) is 42.5 Å². The summed E-state index contributed by atoms with van der Waals surface area (Å²) in [7, 11) is -3.20. The van der Waals surface area contributed by atoms with Crippen LogP contribution >= 0.6 is 11.6 Å². The number of nitrogen functional groups attached to an aromatic ring is 1. The first-order valence-electron chi connectivity index (χ1n) is 6.08. The van der Waals surface area contributed by atoms with Gasteiger partial charge in [-0.1, -0.05) is 11.6 Å². The summed E-state index contributed by atoms with van der Waals surface area (Å²) < 4.78 is 24.2. The fraction of sp³-hybridized carbons (Fsp3) is 0.417. The number of amides is 1. The number of carbonyl (C=O) groups is 1. The van der Waals surface area contributed by atoms with Crippen LogP contribution in [0.2, 0.25) is 5.02 Å². The summed E-state index contributed by atoms with van der Waals surface area (Å²) >= 11 is 5.88. The van der Waals surface area contributed by atoms with E-state index in [1.807, 2.05) is 0 Å². The molecule has 1 aromatic rings. The summed E-state index contributed by atoms with van der Waals surface area (Å²) in [6.07, 6.45) is 1.17. The van der Waals surface area contributed by atoms with Gasteiger partial charge in [0.1, 0.15) is 0 Å². The van der Waals surface area contributed by atoms with Crippen LogP contribution in [0.5, 0.6) is 0 Å². The Morgan fingerprint density at radius 3 is 2.30 bits per heavy atom. The van der Waals surface area contributed by atoms with E-state index in [0.717, 1.165) is 0 Å². The van der Waals surface area contributed by atoms with Crippen molar-refractivity contribution >= 4 is 33.2 Å². The van der Waals surface area contributed by atoms with Gasteiger partial charge in [-0.05, 0) is 18.2 Å². The number of nitrogens with two attached hydrogens (primary N) is 1. The predicted octanol–water partition coefficient (Wildman–Crippen LogP) is 0.640. The van der Waals surface area contributed by atoms with Crippen LogP contribution in [0.4, 0.5) is 5.69 Å². The average molecular weight is 318 g/mol. The highest BCUT2D eigenvalue weighted by molar-refractivity contribution is 7.88. The molecule has 20 heavy (non-hydrogen) atoms. The number of carbonyl (C=O) groups excluding carboxylic acids is 1. The molecule has 1 aliphatic heterocycles. The average Bonchev–Trinajstić information content (AvgIpc) is 2.36. The van der Waals surface area contributed by atoms with Gasteiger partial charge in [-0.3, -0.25) is 4.79 Å². The molecule has 0 atom stereocenters. The molecule has 6 nitrogen and oxygen atoms in total. The van der Waals surface area contributed by atoms with Crippen molar-refractivity contribution < 1.29 is 13.2 Å². The minimum Gasteiger partial charge on any atom is -0.399 e. The maximum atomic E-state index is 12.3. The monoisotopic (exact) mass is 317 g/mol. The summed E-state index contributed by atoms with van der Waals surface area (Å²) in [5, 5.41) is 0.406. The number of anilines is 1. The number of hydrogen-bond donors (Lipinski definition) is 1. The highest BCUT2D eigenvalue weighted by atomic mass is 35.5.